The van der Waals surface area contributed by atoms with Crippen LogP contribution in [0.5, 0.6) is 0 Å². The van der Waals surface area contributed by atoms with Crippen LogP contribution in [-0.4, -0.2) is 43.5 Å². The van der Waals surface area contributed by atoms with E-state index in [0.29, 0.717) is 17.3 Å². The summed E-state index contributed by atoms with van der Waals surface area (Å²) >= 11 is 6.01. The minimum Gasteiger partial charge on any atom is -0.324 e. The van der Waals surface area contributed by atoms with Crippen LogP contribution >= 0.6 is 11.6 Å². The number of benzene rings is 1. The van der Waals surface area contributed by atoms with Gasteiger partial charge in [-0.2, -0.15) is 0 Å². The summed E-state index contributed by atoms with van der Waals surface area (Å²) in [5, 5.41) is 6.63. The Morgan fingerprint density at radius 1 is 1.35 bits per heavy atom. The molecule has 0 saturated heterocycles. The topological polar surface area (TPSA) is 44.4 Å². The molecule has 5 heteroatoms. The van der Waals surface area contributed by atoms with Crippen LogP contribution in [0.3, 0.4) is 0 Å². The molecule has 1 aliphatic carbocycles. The van der Waals surface area contributed by atoms with Gasteiger partial charge in [0.25, 0.3) is 0 Å². The Labute approximate surface area is 125 Å². The summed E-state index contributed by atoms with van der Waals surface area (Å²) < 4.78 is 0. The van der Waals surface area contributed by atoms with Crippen molar-refractivity contribution in [3.05, 3.63) is 29.3 Å². The molecule has 0 heterocycles. The normalized spacial score (nSPS) is 16.8. The average molecular weight is 296 g/mol. The summed E-state index contributed by atoms with van der Waals surface area (Å²) in [5.74, 6) is -0.0636. The van der Waals surface area contributed by atoms with E-state index >= 15 is 0 Å². The quantitative estimate of drug-likeness (QED) is 0.847. The molecule has 1 aromatic carbocycles. The third-order valence-corrected chi connectivity index (χ3v) is 4.45. The van der Waals surface area contributed by atoms with E-state index in [2.05, 4.69) is 29.6 Å². The number of para-hydroxylation sites is 1. The number of carbonyl (C=O) groups excluding carboxylic acids is 1. The highest BCUT2D eigenvalue weighted by Gasteiger charge is 2.38. The van der Waals surface area contributed by atoms with Crippen molar-refractivity contribution in [3.63, 3.8) is 0 Å². The van der Waals surface area contributed by atoms with Crippen LogP contribution in [0.4, 0.5) is 5.69 Å². The third-order valence-electron chi connectivity index (χ3n) is 4.12. The highest BCUT2D eigenvalue weighted by molar-refractivity contribution is 6.33. The van der Waals surface area contributed by atoms with E-state index < -0.39 is 0 Å². The summed E-state index contributed by atoms with van der Waals surface area (Å²) in [6.07, 6.45) is 3.66. The highest BCUT2D eigenvalue weighted by atomic mass is 35.5. The fourth-order valence-corrected chi connectivity index (χ4v) is 2.72. The Bertz CT molecular complexity index is 472. The van der Waals surface area contributed by atoms with Gasteiger partial charge in [-0.15, -0.1) is 0 Å². The molecule has 1 aliphatic rings. The van der Waals surface area contributed by atoms with Gasteiger partial charge in [-0.05, 0) is 45.5 Å². The number of likely N-dealkylation sites (N-methyl/N-ethyl adjacent to an activating group) is 1. The largest absolute Gasteiger partial charge is 0.324 e. The minimum absolute atomic E-state index is 0.0636. The van der Waals surface area contributed by atoms with Gasteiger partial charge in [0.15, 0.2) is 0 Å². The van der Waals surface area contributed by atoms with Gasteiger partial charge in [0, 0.05) is 12.1 Å². The second-order valence-electron chi connectivity index (χ2n) is 5.60. The molecule has 0 bridgehead atoms. The van der Waals surface area contributed by atoms with Gasteiger partial charge in [0.05, 0.1) is 17.3 Å². The van der Waals surface area contributed by atoms with E-state index in [-0.39, 0.29) is 11.4 Å². The summed E-state index contributed by atoms with van der Waals surface area (Å²) in [6, 6.07) is 7.26. The van der Waals surface area contributed by atoms with Gasteiger partial charge in [-0.1, -0.05) is 23.7 Å². The van der Waals surface area contributed by atoms with E-state index in [9.17, 15) is 4.79 Å². The van der Waals surface area contributed by atoms with Gasteiger partial charge in [-0.25, -0.2) is 0 Å². The molecule has 0 aromatic heterocycles. The van der Waals surface area contributed by atoms with Crippen LogP contribution < -0.4 is 10.6 Å². The summed E-state index contributed by atoms with van der Waals surface area (Å²) in [6.45, 7) is 1.15. The molecule has 1 fully saturated rings. The van der Waals surface area contributed by atoms with Crippen LogP contribution in [0.25, 0.3) is 0 Å². The molecule has 110 valence electrons. The zero-order chi connectivity index (χ0) is 14.6. The Hall–Kier alpha value is -1.10. The van der Waals surface area contributed by atoms with Crippen LogP contribution in [0.2, 0.25) is 5.02 Å². The number of hydrogen-bond donors (Lipinski definition) is 2. The smallest absolute Gasteiger partial charge is 0.238 e. The summed E-state index contributed by atoms with van der Waals surface area (Å²) in [5.41, 5.74) is 0.886. The molecule has 1 amide bonds. The van der Waals surface area contributed by atoms with Crippen LogP contribution in [0, 0.1) is 0 Å². The van der Waals surface area contributed by atoms with Crippen molar-refractivity contribution in [2.24, 2.45) is 0 Å². The molecule has 4 nitrogen and oxygen atoms in total. The van der Waals surface area contributed by atoms with E-state index in [0.717, 1.165) is 6.54 Å². The first kappa shape index (κ1) is 15.3. The Morgan fingerprint density at radius 3 is 2.60 bits per heavy atom. The van der Waals surface area contributed by atoms with E-state index in [1.54, 1.807) is 12.1 Å². The lowest BCUT2D eigenvalue weighted by Crippen LogP contribution is -2.57. The zero-order valence-corrected chi connectivity index (χ0v) is 12.8. The molecular formula is C15H22ClN3O. The predicted molar refractivity (Wildman–Crippen MR) is 83.2 cm³/mol. The number of rotatable bonds is 6. The number of hydrogen-bond acceptors (Lipinski definition) is 3. The van der Waals surface area contributed by atoms with E-state index in [1.807, 2.05) is 12.1 Å². The van der Waals surface area contributed by atoms with E-state index in [1.165, 1.54) is 19.3 Å². The average Bonchev–Trinajstić information content (AvgIpc) is 2.35. The van der Waals surface area contributed by atoms with Gasteiger partial charge in [0.1, 0.15) is 0 Å². The SMILES string of the molecule is CN(C)C1(CNCC(=O)Nc2ccccc2Cl)CCC1. The van der Waals surface area contributed by atoms with Crippen molar-refractivity contribution in [2.75, 3.05) is 32.5 Å². The maximum atomic E-state index is 11.9. The monoisotopic (exact) mass is 295 g/mol. The molecule has 1 aromatic rings. The standard InChI is InChI=1S/C15H22ClN3O/c1-19(2)15(8-5-9-15)11-17-10-14(20)18-13-7-4-3-6-12(13)16/h3-4,6-7,17H,5,8-11H2,1-2H3,(H,18,20). The van der Waals surface area contributed by atoms with Crippen LogP contribution in [0.15, 0.2) is 24.3 Å². The fourth-order valence-electron chi connectivity index (χ4n) is 2.53. The first-order valence-electron chi connectivity index (χ1n) is 6.96. The first-order chi connectivity index (χ1) is 9.53. The van der Waals surface area contributed by atoms with Crippen molar-refractivity contribution in [2.45, 2.75) is 24.8 Å². The first-order valence-corrected chi connectivity index (χ1v) is 7.34. The number of anilines is 1. The Morgan fingerprint density at radius 2 is 2.05 bits per heavy atom. The fraction of sp³-hybridized carbons (Fsp3) is 0.533. The van der Waals surface area contributed by atoms with Crippen molar-refractivity contribution in [1.29, 1.82) is 0 Å². The van der Waals surface area contributed by atoms with Gasteiger partial charge >= 0.3 is 0 Å². The maximum absolute atomic E-state index is 11.9. The van der Waals surface area contributed by atoms with Gasteiger partial charge in [0.2, 0.25) is 5.91 Å². The zero-order valence-electron chi connectivity index (χ0n) is 12.1. The van der Waals surface area contributed by atoms with Crippen molar-refractivity contribution in [1.82, 2.24) is 10.2 Å². The molecule has 0 aliphatic heterocycles. The predicted octanol–water partition coefficient (Wildman–Crippen LogP) is 2.35. The maximum Gasteiger partial charge on any atom is 0.238 e. The molecule has 0 radical (unpaired) electrons. The Kier molecular flexibility index (Phi) is 5.02. The molecule has 2 rings (SSSR count). The molecule has 1 saturated carbocycles. The van der Waals surface area contributed by atoms with Crippen LogP contribution in [0.1, 0.15) is 19.3 Å². The molecule has 20 heavy (non-hydrogen) atoms. The number of carbonyl (C=O) groups is 1. The van der Waals surface area contributed by atoms with Crippen molar-refractivity contribution >= 4 is 23.2 Å². The molecule has 0 spiro atoms. The second-order valence-corrected chi connectivity index (χ2v) is 6.01. The molecule has 2 N–H and O–H groups in total. The number of amides is 1. The van der Waals surface area contributed by atoms with Crippen LogP contribution in [-0.2, 0) is 4.79 Å². The number of nitrogens with zero attached hydrogens (tertiary/aromatic N) is 1. The van der Waals surface area contributed by atoms with Crippen molar-refractivity contribution < 1.29 is 4.79 Å². The van der Waals surface area contributed by atoms with Crippen molar-refractivity contribution in [3.8, 4) is 0 Å². The molecular weight excluding hydrogens is 274 g/mol. The number of nitrogens with one attached hydrogen (secondary N) is 2. The molecule has 0 atom stereocenters. The second kappa shape index (κ2) is 6.57. The third kappa shape index (κ3) is 3.51. The molecule has 0 unspecified atom stereocenters. The summed E-state index contributed by atoms with van der Waals surface area (Å²) in [4.78, 5) is 14.1. The van der Waals surface area contributed by atoms with Gasteiger partial charge in [-0.3, -0.25) is 4.79 Å². The highest BCUT2D eigenvalue weighted by Crippen LogP contribution is 2.35. The lowest BCUT2D eigenvalue weighted by Gasteiger charge is -2.47. The Balaban J connectivity index is 1.77. The van der Waals surface area contributed by atoms with Gasteiger partial charge < -0.3 is 15.5 Å². The summed E-state index contributed by atoms with van der Waals surface area (Å²) in [7, 11) is 4.20. The van der Waals surface area contributed by atoms with E-state index in [4.69, 9.17) is 11.6 Å². The lowest BCUT2D eigenvalue weighted by molar-refractivity contribution is -0.115. The lowest BCUT2D eigenvalue weighted by atomic mass is 9.75. The number of halogens is 1. The minimum atomic E-state index is -0.0636.